The van der Waals surface area contributed by atoms with Gasteiger partial charge < -0.3 is 28.9 Å². The maximum atomic E-state index is 8.64. The minimum Gasteiger partial charge on any atom is -0.512 e. The highest BCUT2D eigenvalue weighted by Gasteiger charge is 2.32. The third-order valence-electron chi connectivity index (χ3n) is 2.57. The fraction of sp³-hybridized carbons (Fsp3) is 0.500. The zero-order chi connectivity index (χ0) is 13.9. The van der Waals surface area contributed by atoms with Crippen molar-refractivity contribution in [2.45, 2.75) is 25.7 Å². The van der Waals surface area contributed by atoms with Crippen molar-refractivity contribution in [2.24, 2.45) is 0 Å². The molecule has 1 saturated heterocycles. The van der Waals surface area contributed by atoms with E-state index in [4.69, 9.17) is 24.3 Å². The molecule has 2 rings (SSSR count). The Morgan fingerprint density at radius 2 is 1.89 bits per heavy atom. The lowest BCUT2D eigenvalue weighted by molar-refractivity contribution is -0.141. The number of ether oxygens (including phenoxy) is 3. The summed E-state index contributed by atoms with van der Waals surface area (Å²) in [5, 5.41) is 17.3. The second-order valence-corrected chi connectivity index (χ2v) is 4.68. The smallest absolute Gasteiger partial charge is 0.512 e. The summed E-state index contributed by atoms with van der Waals surface area (Å²) in [4.78, 5) is 0. The van der Waals surface area contributed by atoms with Crippen molar-refractivity contribution in [3.05, 3.63) is 24.3 Å². The van der Waals surface area contributed by atoms with Crippen LogP contribution in [0.25, 0.3) is 0 Å². The normalized spacial score (nSPS) is 21.2. The van der Waals surface area contributed by atoms with Crippen LogP contribution in [0.3, 0.4) is 0 Å². The molecule has 7 heteroatoms. The predicted octanol–water partition coefficient (Wildman–Crippen LogP) is 0.565. The first-order valence-corrected chi connectivity index (χ1v) is 6.02. The fourth-order valence-electron chi connectivity index (χ4n) is 1.77. The molecule has 2 N–H and O–H groups in total. The third-order valence-corrected chi connectivity index (χ3v) is 2.57. The molecule has 0 amide bonds. The topological polar surface area (TPSA) is 77.4 Å². The molecule has 0 saturated carbocycles. The van der Waals surface area contributed by atoms with E-state index >= 15 is 0 Å². The summed E-state index contributed by atoms with van der Waals surface area (Å²) in [6.45, 7) is 4.62. The molecule has 6 nitrogen and oxygen atoms in total. The SMILES string of the molecule is CC1(C)OCC(COc2ccc(OB(O)O)cc2)O1. The predicted molar refractivity (Wildman–Crippen MR) is 67.7 cm³/mol. The number of benzene rings is 1. The highest BCUT2D eigenvalue weighted by Crippen LogP contribution is 2.23. The Hall–Kier alpha value is -1.28. The van der Waals surface area contributed by atoms with Crippen molar-refractivity contribution in [1.29, 1.82) is 0 Å². The van der Waals surface area contributed by atoms with Crippen molar-refractivity contribution in [3.63, 3.8) is 0 Å². The first kappa shape index (κ1) is 14.1. The monoisotopic (exact) mass is 268 g/mol. The zero-order valence-electron chi connectivity index (χ0n) is 10.9. The van der Waals surface area contributed by atoms with Crippen molar-refractivity contribution >= 4 is 7.32 Å². The number of rotatable bonds is 5. The first-order chi connectivity index (χ1) is 8.94. The molecule has 0 bridgehead atoms. The van der Waals surface area contributed by atoms with Gasteiger partial charge in [-0.3, -0.25) is 0 Å². The van der Waals surface area contributed by atoms with Crippen LogP contribution in [-0.4, -0.2) is 42.5 Å². The molecule has 1 aromatic carbocycles. The number of hydrogen-bond donors (Lipinski definition) is 2. The van der Waals surface area contributed by atoms with Crippen LogP contribution in [0.5, 0.6) is 11.5 Å². The standard InChI is InChI=1S/C12H17BO6/c1-12(2)17-8-11(18-12)7-16-9-3-5-10(6-4-9)19-13(14)15/h3-6,11,14-15H,7-8H2,1-2H3. The molecule has 1 aromatic rings. The van der Waals surface area contributed by atoms with Gasteiger partial charge >= 0.3 is 7.32 Å². The van der Waals surface area contributed by atoms with Gasteiger partial charge in [0.05, 0.1) is 6.61 Å². The molecule has 1 aliphatic rings. The molecule has 1 atom stereocenters. The first-order valence-electron chi connectivity index (χ1n) is 6.02. The van der Waals surface area contributed by atoms with E-state index in [0.717, 1.165) is 0 Å². The van der Waals surface area contributed by atoms with Gasteiger partial charge in [-0.15, -0.1) is 0 Å². The van der Waals surface area contributed by atoms with E-state index in [9.17, 15) is 0 Å². The van der Waals surface area contributed by atoms with E-state index in [-0.39, 0.29) is 6.10 Å². The van der Waals surface area contributed by atoms with Crippen molar-refractivity contribution in [3.8, 4) is 11.5 Å². The highest BCUT2D eigenvalue weighted by atomic mass is 16.7. The van der Waals surface area contributed by atoms with E-state index in [1.807, 2.05) is 13.8 Å². The second kappa shape index (κ2) is 5.79. The molecule has 1 fully saturated rings. The second-order valence-electron chi connectivity index (χ2n) is 4.68. The van der Waals surface area contributed by atoms with Gasteiger partial charge in [0.25, 0.3) is 0 Å². The Labute approximate surface area is 112 Å². The Kier molecular flexibility index (Phi) is 4.31. The summed E-state index contributed by atoms with van der Waals surface area (Å²) in [7, 11) is -1.82. The van der Waals surface area contributed by atoms with E-state index in [0.29, 0.717) is 24.7 Å². The molecule has 0 aliphatic carbocycles. The molecule has 0 spiro atoms. The average molecular weight is 268 g/mol. The van der Waals surface area contributed by atoms with Crippen molar-refractivity contribution in [1.82, 2.24) is 0 Å². The van der Waals surface area contributed by atoms with E-state index < -0.39 is 13.1 Å². The lowest BCUT2D eigenvalue weighted by atomic mass is 10.2. The van der Waals surface area contributed by atoms with E-state index in [1.54, 1.807) is 24.3 Å². The van der Waals surface area contributed by atoms with Crippen LogP contribution in [0.15, 0.2) is 24.3 Å². The van der Waals surface area contributed by atoms with E-state index in [1.165, 1.54) is 0 Å². The Balaban J connectivity index is 1.80. The maximum Gasteiger partial charge on any atom is 0.707 e. The van der Waals surface area contributed by atoms with Crippen LogP contribution in [-0.2, 0) is 9.47 Å². The molecule has 0 aromatic heterocycles. The molecule has 104 valence electrons. The summed E-state index contributed by atoms with van der Waals surface area (Å²) in [5.41, 5.74) is 0. The summed E-state index contributed by atoms with van der Waals surface area (Å²) < 4.78 is 21.3. The van der Waals surface area contributed by atoms with Crippen LogP contribution >= 0.6 is 0 Å². The van der Waals surface area contributed by atoms with Crippen molar-refractivity contribution in [2.75, 3.05) is 13.2 Å². The molecule has 0 radical (unpaired) electrons. The molecule has 1 aliphatic heterocycles. The van der Waals surface area contributed by atoms with Crippen molar-refractivity contribution < 1.29 is 28.9 Å². The van der Waals surface area contributed by atoms with Crippen LogP contribution in [0.4, 0.5) is 0 Å². The van der Waals surface area contributed by atoms with Crippen LogP contribution in [0, 0.1) is 0 Å². The number of hydrogen-bond acceptors (Lipinski definition) is 6. The van der Waals surface area contributed by atoms with Gasteiger partial charge in [0.2, 0.25) is 0 Å². The molecule has 1 heterocycles. The maximum absolute atomic E-state index is 8.64. The Morgan fingerprint density at radius 3 is 2.42 bits per heavy atom. The van der Waals surface area contributed by atoms with E-state index in [2.05, 4.69) is 4.65 Å². The van der Waals surface area contributed by atoms with Gasteiger partial charge in [-0.05, 0) is 38.1 Å². The van der Waals surface area contributed by atoms with Crippen LogP contribution < -0.4 is 9.39 Å². The summed E-state index contributed by atoms with van der Waals surface area (Å²) in [6.07, 6.45) is -0.0924. The van der Waals surface area contributed by atoms with Gasteiger partial charge in [0.15, 0.2) is 5.79 Å². The fourth-order valence-corrected chi connectivity index (χ4v) is 1.77. The highest BCUT2D eigenvalue weighted by molar-refractivity contribution is 6.33. The van der Waals surface area contributed by atoms with Gasteiger partial charge in [-0.25, -0.2) is 0 Å². The average Bonchev–Trinajstić information content (AvgIpc) is 2.67. The molecular formula is C12H17BO6. The lowest BCUT2D eigenvalue weighted by Crippen LogP contribution is -2.25. The molecule has 19 heavy (non-hydrogen) atoms. The Morgan fingerprint density at radius 1 is 1.26 bits per heavy atom. The minimum atomic E-state index is -1.82. The largest absolute Gasteiger partial charge is 0.707 e. The van der Waals surface area contributed by atoms with Gasteiger partial charge in [0.1, 0.15) is 24.2 Å². The quantitative estimate of drug-likeness (QED) is 0.760. The summed E-state index contributed by atoms with van der Waals surface area (Å²) >= 11 is 0. The van der Waals surface area contributed by atoms with Gasteiger partial charge in [0, 0.05) is 0 Å². The third kappa shape index (κ3) is 4.39. The summed E-state index contributed by atoms with van der Waals surface area (Å²) in [6, 6.07) is 6.53. The minimum absolute atomic E-state index is 0.0924. The van der Waals surface area contributed by atoms with Crippen LogP contribution in [0.2, 0.25) is 0 Å². The van der Waals surface area contributed by atoms with Gasteiger partial charge in [-0.2, -0.15) is 0 Å². The van der Waals surface area contributed by atoms with Crippen LogP contribution in [0.1, 0.15) is 13.8 Å². The lowest BCUT2D eigenvalue weighted by Gasteiger charge is -2.17. The molecule has 1 unspecified atom stereocenters. The summed E-state index contributed by atoms with van der Waals surface area (Å²) in [5.74, 6) is 0.445. The zero-order valence-corrected chi connectivity index (χ0v) is 10.9. The Bertz CT molecular complexity index is 405. The van der Waals surface area contributed by atoms with Gasteiger partial charge in [-0.1, -0.05) is 0 Å². The molecular weight excluding hydrogens is 251 g/mol.